The first kappa shape index (κ1) is 15.8. The van der Waals surface area contributed by atoms with Gasteiger partial charge in [0.1, 0.15) is 11.5 Å². The minimum Gasteiger partial charge on any atom is -0.497 e. The Kier molecular flexibility index (Phi) is 5.45. The molecule has 4 nitrogen and oxygen atoms in total. The van der Waals surface area contributed by atoms with Gasteiger partial charge in [-0.1, -0.05) is 0 Å². The highest BCUT2D eigenvalue weighted by atomic mass is 79.9. The molecule has 1 aromatic heterocycles. The molecule has 20 heavy (non-hydrogen) atoms. The third-order valence-corrected chi connectivity index (χ3v) is 6.19. The standard InChI is InChI=1S/C13H14Br2N2O2S/c1-18-7-3-4-8(10(5-7)19-2)12(17-16)11-6-9(14)13(15)20-11/h3-6,12,17H,16H2,1-2H3. The van der Waals surface area contributed by atoms with Gasteiger partial charge in [-0.3, -0.25) is 5.84 Å². The van der Waals surface area contributed by atoms with Gasteiger partial charge in [-0.15, -0.1) is 11.3 Å². The lowest BCUT2D eigenvalue weighted by Gasteiger charge is -2.18. The van der Waals surface area contributed by atoms with Gasteiger partial charge < -0.3 is 9.47 Å². The molecule has 2 rings (SSSR count). The quantitative estimate of drug-likeness (QED) is 0.568. The van der Waals surface area contributed by atoms with Crippen LogP contribution in [0.5, 0.6) is 11.5 Å². The number of rotatable bonds is 5. The fourth-order valence-electron chi connectivity index (χ4n) is 1.89. The maximum atomic E-state index is 5.73. The Morgan fingerprint density at radius 2 is 1.95 bits per heavy atom. The van der Waals surface area contributed by atoms with E-state index in [9.17, 15) is 0 Å². The van der Waals surface area contributed by atoms with Crippen molar-refractivity contribution in [3.8, 4) is 11.5 Å². The van der Waals surface area contributed by atoms with Crippen LogP contribution >= 0.6 is 43.2 Å². The predicted octanol–water partition coefficient (Wildman–Crippen LogP) is 3.84. The van der Waals surface area contributed by atoms with Crippen LogP contribution < -0.4 is 20.7 Å². The van der Waals surface area contributed by atoms with E-state index in [1.165, 1.54) is 0 Å². The van der Waals surface area contributed by atoms with Crippen molar-refractivity contribution in [1.82, 2.24) is 5.43 Å². The zero-order chi connectivity index (χ0) is 14.7. The molecule has 1 heterocycles. The van der Waals surface area contributed by atoms with Crippen molar-refractivity contribution in [1.29, 1.82) is 0 Å². The van der Waals surface area contributed by atoms with E-state index in [1.54, 1.807) is 25.6 Å². The van der Waals surface area contributed by atoms with Gasteiger partial charge in [-0.2, -0.15) is 0 Å². The number of benzene rings is 1. The third kappa shape index (κ3) is 3.17. The molecule has 0 saturated carbocycles. The smallest absolute Gasteiger partial charge is 0.127 e. The molecule has 0 spiro atoms. The number of halogens is 2. The molecule has 1 unspecified atom stereocenters. The molecule has 0 aliphatic carbocycles. The van der Waals surface area contributed by atoms with E-state index >= 15 is 0 Å². The number of hydrogen-bond donors (Lipinski definition) is 2. The van der Waals surface area contributed by atoms with Crippen LogP contribution in [-0.2, 0) is 0 Å². The van der Waals surface area contributed by atoms with E-state index in [2.05, 4.69) is 37.3 Å². The summed E-state index contributed by atoms with van der Waals surface area (Å²) in [6, 6.07) is 7.56. The Labute approximate surface area is 138 Å². The van der Waals surface area contributed by atoms with Crippen molar-refractivity contribution in [3.63, 3.8) is 0 Å². The molecule has 3 N–H and O–H groups in total. The second kappa shape index (κ2) is 6.91. The zero-order valence-corrected chi connectivity index (χ0v) is 14.9. The molecule has 0 aliphatic heterocycles. The highest BCUT2D eigenvalue weighted by Crippen LogP contribution is 2.40. The summed E-state index contributed by atoms with van der Waals surface area (Å²) >= 11 is 8.60. The molecule has 1 atom stereocenters. The predicted molar refractivity (Wildman–Crippen MR) is 88.4 cm³/mol. The fraction of sp³-hybridized carbons (Fsp3) is 0.231. The van der Waals surface area contributed by atoms with Crippen molar-refractivity contribution in [2.24, 2.45) is 5.84 Å². The molecule has 0 saturated heterocycles. The van der Waals surface area contributed by atoms with Gasteiger partial charge >= 0.3 is 0 Å². The Balaban J connectivity index is 2.46. The second-order valence-corrected chi connectivity index (χ2v) is 7.23. The number of hydrazine groups is 1. The summed E-state index contributed by atoms with van der Waals surface area (Å²) in [4.78, 5) is 1.08. The van der Waals surface area contributed by atoms with Crippen LogP contribution in [-0.4, -0.2) is 14.2 Å². The van der Waals surface area contributed by atoms with E-state index < -0.39 is 0 Å². The van der Waals surface area contributed by atoms with Gasteiger partial charge in [0.15, 0.2) is 0 Å². The van der Waals surface area contributed by atoms with Crippen molar-refractivity contribution in [2.45, 2.75) is 6.04 Å². The highest BCUT2D eigenvalue weighted by Gasteiger charge is 2.20. The third-order valence-electron chi connectivity index (χ3n) is 2.87. The molecule has 1 aromatic carbocycles. The first-order valence-electron chi connectivity index (χ1n) is 5.73. The van der Waals surface area contributed by atoms with E-state index in [-0.39, 0.29) is 6.04 Å². The van der Waals surface area contributed by atoms with E-state index in [0.29, 0.717) is 0 Å². The molecule has 2 aromatic rings. The summed E-state index contributed by atoms with van der Waals surface area (Å²) in [6.45, 7) is 0. The number of thiophene rings is 1. The molecule has 0 radical (unpaired) electrons. The maximum absolute atomic E-state index is 5.73. The van der Waals surface area contributed by atoms with Gasteiger partial charge in [0.25, 0.3) is 0 Å². The fourth-order valence-corrected chi connectivity index (χ4v) is 4.06. The Morgan fingerprint density at radius 3 is 2.45 bits per heavy atom. The van der Waals surface area contributed by atoms with Gasteiger partial charge in [0.05, 0.1) is 24.0 Å². The van der Waals surface area contributed by atoms with Crippen molar-refractivity contribution in [3.05, 3.63) is 43.0 Å². The largest absolute Gasteiger partial charge is 0.497 e. The molecule has 0 amide bonds. The minimum atomic E-state index is -0.150. The molecule has 0 fully saturated rings. The van der Waals surface area contributed by atoms with Crippen LogP contribution in [0.3, 0.4) is 0 Å². The lowest BCUT2D eigenvalue weighted by molar-refractivity contribution is 0.388. The average Bonchev–Trinajstić information content (AvgIpc) is 2.79. The number of methoxy groups -OCH3 is 2. The summed E-state index contributed by atoms with van der Waals surface area (Å²) in [5.74, 6) is 7.20. The Morgan fingerprint density at radius 1 is 1.20 bits per heavy atom. The summed E-state index contributed by atoms with van der Waals surface area (Å²) < 4.78 is 12.7. The van der Waals surface area contributed by atoms with Crippen LogP contribution in [0.1, 0.15) is 16.5 Å². The normalized spacial score (nSPS) is 12.2. The van der Waals surface area contributed by atoms with Crippen LogP contribution in [0.4, 0.5) is 0 Å². The molecule has 0 aliphatic rings. The van der Waals surface area contributed by atoms with Crippen molar-refractivity contribution >= 4 is 43.2 Å². The van der Waals surface area contributed by atoms with Gasteiger partial charge in [0.2, 0.25) is 0 Å². The zero-order valence-electron chi connectivity index (χ0n) is 10.9. The average molecular weight is 422 g/mol. The minimum absolute atomic E-state index is 0.150. The summed E-state index contributed by atoms with van der Waals surface area (Å²) in [5.41, 5.74) is 3.79. The Hall–Kier alpha value is -0.600. The van der Waals surface area contributed by atoms with Crippen LogP contribution in [0, 0.1) is 0 Å². The number of hydrogen-bond acceptors (Lipinski definition) is 5. The van der Waals surface area contributed by atoms with E-state index in [1.807, 2.05) is 24.3 Å². The summed E-state index contributed by atoms with van der Waals surface area (Å²) in [6.07, 6.45) is 0. The summed E-state index contributed by atoms with van der Waals surface area (Å²) in [5, 5.41) is 0. The first-order chi connectivity index (χ1) is 9.60. The lowest BCUT2D eigenvalue weighted by Crippen LogP contribution is -2.28. The lowest BCUT2D eigenvalue weighted by atomic mass is 10.0. The second-order valence-electron chi connectivity index (χ2n) is 3.98. The number of nitrogens with one attached hydrogen (secondary N) is 1. The number of nitrogens with two attached hydrogens (primary N) is 1. The Bertz CT molecular complexity index is 585. The molecular formula is C13H14Br2N2O2S. The SMILES string of the molecule is COc1ccc(C(NN)c2cc(Br)c(Br)s2)c(OC)c1. The molecule has 108 valence electrons. The first-order valence-corrected chi connectivity index (χ1v) is 8.13. The van der Waals surface area contributed by atoms with Crippen LogP contribution in [0.2, 0.25) is 0 Å². The van der Waals surface area contributed by atoms with Crippen LogP contribution in [0.25, 0.3) is 0 Å². The van der Waals surface area contributed by atoms with Gasteiger partial charge in [-0.05, 0) is 50.1 Å². The molecule has 0 bridgehead atoms. The maximum Gasteiger partial charge on any atom is 0.127 e. The van der Waals surface area contributed by atoms with E-state index in [0.717, 1.165) is 30.2 Å². The summed E-state index contributed by atoms with van der Waals surface area (Å²) in [7, 11) is 3.26. The topological polar surface area (TPSA) is 56.5 Å². The van der Waals surface area contributed by atoms with Crippen molar-refractivity contribution < 1.29 is 9.47 Å². The van der Waals surface area contributed by atoms with Gasteiger partial charge in [0, 0.05) is 21.0 Å². The monoisotopic (exact) mass is 420 g/mol. The number of ether oxygens (including phenoxy) is 2. The van der Waals surface area contributed by atoms with Gasteiger partial charge in [-0.25, -0.2) is 5.43 Å². The van der Waals surface area contributed by atoms with Crippen molar-refractivity contribution in [2.75, 3.05) is 14.2 Å². The highest BCUT2D eigenvalue weighted by molar-refractivity contribution is 9.13. The van der Waals surface area contributed by atoms with Crippen LogP contribution in [0.15, 0.2) is 32.5 Å². The van der Waals surface area contributed by atoms with E-state index in [4.69, 9.17) is 15.3 Å². The molecule has 7 heteroatoms. The molecular weight excluding hydrogens is 408 g/mol.